The first kappa shape index (κ1) is 24.4. The van der Waals surface area contributed by atoms with Crippen LogP contribution < -0.4 is 9.47 Å². The Kier molecular flexibility index (Phi) is 9.42. The Bertz CT molecular complexity index is 1040. The lowest BCUT2D eigenvalue weighted by Gasteiger charge is -2.13. The molecule has 3 rings (SSSR count). The van der Waals surface area contributed by atoms with E-state index in [-0.39, 0.29) is 19.2 Å². The van der Waals surface area contributed by atoms with Crippen molar-refractivity contribution in [3.8, 4) is 22.8 Å². The third kappa shape index (κ3) is 7.14. The Balaban J connectivity index is 1.60. The SMILES string of the molecule is CCCCCCCCC(=O)OCCOc1cc(-c2ccc(OC)nc2)cc2c(C)ncnc12. The van der Waals surface area contributed by atoms with E-state index >= 15 is 0 Å². The zero-order valence-corrected chi connectivity index (χ0v) is 19.8. The fourth-order valence-electron chi connectivity index (χ4n) is 3.64. The third-order valence-electron chi connectivity index (χ3n) is 5.52. The van der Waals surface area contributed by atoms with Gasteiger partial charge in [0.25, 0.3) is 0 Å². The van der Waals surface area contributed by atoms with Gasteiger partial charge in [0.05, 0.1) is 7.11 Å². The number of ether oxygens (including phenoxy) is 3. The number of fused-ring (bicyclic) bond motifs is 1. The van der Waals surface area contributed by atoms with Crippen LogP contribution in [0.1, 0.15) is 57.6 Å². The number of hydrogen-bond acceptors (Lipinski definition) is 7. The number of benzene rings is 1. The van der Waals surface area contributed by atoms with Gasteiger partial charge in [-0.05, 0) is 37.1 Å². The van der Waals surface area contributed by atoms with Crippen molar-refractivity contribution < 1.29 is 19.0 Å². The summed E-state index contributed by atoms with van der Waals surface area (Å²) in [5.41, 5.74) is 3.45. The Morgan fingerprint density at radius 1 is 0.939 bits per heavy atom. The number of carbonyl (C=O) groups excluding carboxylic acids is 1. The van der Waals surface area contributed by atoms with E-state index in [4.69, 9.17) is 14.2 Å². The number of carbonyl (C=O) groups is 1. The molecule has 7 nitrogen and oxygen atoms in total. The number of hydrogen-bond donors (Lipinski definition) is 0. The van der Waals surface area contributed by atoms with Crippen LogP contribution in [0, 0.1) is 6.92 Å². The Hall–Kier alpha value is -3.22. The molecule has 0 unspecified atom stereocenters. The van der Waals surface area contributed by atoms with Crippen molar-refractivity contribution in [1.29, 1.82) is 0 Å². The number of aryl methyl sites for hydroxylation is 1. The first-order chi connectivity index (χ1) is 16.1. The van der Waals surface area contributed by atoms with Gasteiger partial charge in [0.2, 0.25) is 5.88 Å². The van der Waals surface area contributed by atoms with Gasteiger partial charge in [-0.25, -0.2) is 15.0 Å². The van der Waals surface area contributed by atoms with Crippen molar-refractivity contribution in [2.75, 3.05) is 20.3 Å². The number of aromatic nitrogens is 3. The van der Waals surface area contributed by atoms with Crippen LogP contribution in [0.4, 0.5) is 0 Å². The van der Waals surface area contributed by atoms with E-state index in [1.165, 1.54) is 32.0 Å². The molecule has 7 heteroatoms. The van der Waals surface area contributed by atoms with Crippen LogP contribution in [-0.4, -0.2) is 41.2 Å². The maximum absolute atomic E-state index is 12.0. The van der Waals surface area contributed by atoms with E-state index in [0.717, 1.165) is 40.6 Å². The molecule has 2 aromatic heterocycles. The molecule has 0 atom stereocenters. The smallest absolute Gasteiger partial charge is 0.305 e. The molecule has 0 amide bonds. The summed E-state index contributed by atoms with van der Waals surface area (Å²) in [4.78, 5) is 25.0. The van der Waals surface area contributed by atoms with Gasteiger partial charge in [0.15, 0.2) is 0 Å². The molecule has 0 saturated heterocycles. The number of nitrogens with zero attached hydrogens (tertiary/aromatic N) is 3. The standard InChI is InChI=1S/C26H33N3O4/c1-4-5-6-7-8-9-10-25(30)33-14-13-32-23-16-21(20-11-12-24(31-3)27-17-20)15-22-19(2)28-18-29-26(22)23/h11-12,15-18H,4-10,13-14H2,1-3H3. The number of rotatable bonds is 13. The molecule has 0 aliphatic rings. The molecular weight excluding hydrogens is 418 g/mol. The van der Waals surface area contributed by atoms with E-state index < -0.39 is 0 Å². The molecule has 0 aliphatic carbocycles. The number of esters is 1. The average molecular weight is 452 g/mol. The average Bonchev–Trinajstić information content (AvgIpc) is 2.84. The second-order valence-corrected chi connectivity index (χ2v) is 8.01. The Morgan fingerprint density at radius 3 is 2.52 bits per heavy atom. The molecule has 0 aliphatic heterocycles. The first-order valence-electron chi connectivity index (χ1n) is 11.7. The summed E-state index contributed by atoms with van der Waals surface area (Å²) < 4.78 is 16.5. The van der Waals surface area contributed by atoms with Gasteiger partial charge in [0.1, 0.15) is 30.8 Å². The normalized spacial score (nSPS) is 10.9. The molecule has 2 heterocycles. The zero-order valence-electron chi connectivity index (χ0n) is 19.8. The minimum absolute atomic E-state index is 0.171. The predicted octanol–water partition coefficient (Wildman–Crippen LogP) is 5.68. The summed E-state index contributed by atoms with van der Waals surface area (Å²) in [6.07, 6.45) is 10.6. The highest BCUT2D eigenvalue weighted by molar-refractivity contribution is 5.91. The summed E-state index contributed by atoms with van der Waals surface area (Å²) in [5.74, 6) is 1.00. The van der Waals surface area contributed by atoms with Crippen LogP contribution in [-0.2, 0) is 9.53 Å². The van der Waals surface area contributed by atoms with Gasteiger partial charge in [-0.1, -0.05) is 39.0 Å². The monoisotopic (exact) mass is 451 g/mol. The number of methoxy groups -OCH3 is 1. The molecular formula is C26H33N3O4. The summed E-state index contributed by atoms with van der Waals surface area (Å²) in [6, 6.07) is 7.72. The van der Waals surface area contributed by atoms with Crippen LogP contribution in [0.5, 0.6) is 11.6 Å². The van der Waals surface area contributed by atoms with Crippen molar-refractivity contribution in [1.82, 2.24) is 15.0 Å². The quantitative estimate of drug-likeness (QED) is 0.244. The highest BCUT2D eigenvalue weighted by Crippen LogP contribution is 2.32. The van der Waals surface area contributed by atoms with Crippen molar-refractivity contribution in [3.63, 3.8) is 0 Å². The fourth-order valence-corrected chi connectivity index (χ4v) is 3.64. The maximum Gasteiger partial charge on any atom is 0.305 e. The second kappa shape index (κ2) is 12.7. The lowest BCUT2D eigenvalue weighted by molar-refractivity contribution is -0.144. The largest absolute Gasteiger partial charge is 0.488 e. The maximum atomic E-state index is 12.0. The molecule has 1 aromatic carbocycles. The van der Waals surface area contributed by atoms with Crippen molar-refractivity contribution in [2.24, 2.45) is 0 Å². The number of pyridine rings is 1. The van der Waals surface area contributed by atoms with E-state index in [9.17, 15) is 4.79 Å². The van der Waals surface area contributed by atoms with Gasteiger partial charge in [-0.2, -0.15) is 0 Å². The third-order valence-corrected chi connectivity index (χ3v) is 5.52. The lowest BCUT2D eigenvalue weighted by Crippen LogP contribution is -2.12. The van der Waals surface area contributed by atoms with Gasteiger partial charge in [-0.3, -0.25) is 4.79 Å². The predicted molar refractivity (Wildman–Crippen MR) is 129 cm³/mol. The van der Waals surface area contributed by atoms with E-state index in [1.54, 1.807) is 13.3 Å². The summed E-state index contributed by atoms with van der Waals surface area (Å²) in [7, 11) is 1.59. The molecule has 0 spiro atoms. The van der Waals surface area contributed by atoms with Crippen molar-refractivity contribution >= 4 is 16.9 Å². The van der Waals surface area contributed by atoms with Gasteiger partial charge < -0.3 is 14.2 Å². The highest BCUT2D eigenvalue weighted by atomic mass is 16.6. The Morgan fingerprint density at radius 2 is 1.76 bits per heavy atom. The summed E-state index contributed by atoms with van der Waals surface area (Å²) in [6.45, 7) is 4.59. The van der Waals surface area contributed by atoms with Crippen LogP contribution in [0.15, 0.2) is 36.8 Å². The minimum atomic E-state index is -0.171. The molecule has 33 heavy (non-hydrogen) atoms. The minimum Gasteiger partial charge on any atom is -0.488 e. The van der Waals surface area contributed by atoms with Crippen LogP contribution in [0.2, 0.25) is 0 Å². The van der Waals surface area contributed by atoms with Crippen LogP contribution >= 0.6 is 0 Å². The van der Waals surface area contributed by atoms with E-state index in [2.05, 4.69) is 21.9 Å². The summed E-state index contributed by atoms with van der Waals surface area (Å²) in [5, 5.41) is 0.904. The fraction of sp³-hybridized carbons (Fsp3) is 0.462. The second-order valence-electron chi connectivity index (χ2n) is 8.01. The van der Waals surface area contributed by atoms with Gasteiger partial charge in [-0.15, -0.1) is 0 Å². The molecule has 0 bridgehead atoms. The van der Waals surface area contributed by atoms with Gasteiger partial charge >= 0.3 is 5.97 Å². The molecule has 0 radical (unpaired) electrons. The van der Waals surface area contributed by atoms with E-state index in [0.29, 0.717) is 18.1 Å². The molecule has 0 N–H and O–H groups in total. The van der Waals surface area contributed by atoms with Crippen LogP contribution in [0.3, 0.4) is 0 Å². The lowest BCUT2D eigenvalue weighted by atomic mass is 10.0. The highest BCUT2D eigenvalue weighted by Gasteiger charge is 2.12. The molecule has 176 valence electrons. The molecule has 3 aromatic rings. The number of unbranched alkanes of at least 4 members (excludes halogenated alkanes) is 5. The summed E-state index contributed by atoms with van der Waals surface area (Å²) >= 11 is 0. The molecule has 0 fully saturated rings. The topological polar surface area (TPSA) is 83.4 Å². The van der Waals surface area contributed by atoms with Crippen molar-refractivity contribution in [3.05, 3.63) is 42.5 Å². The van der Waals surface area contributed by atoms with Crippen LogP contribution in [0.25, 0.3) is 22.0 Å². The Labute approximate surface area is 195 Å². The zero-order chi connectivity index (χ0) is 23.5. The first-order valence-corrected chi connectivity index (χ1v) is 11.7. The van der Waals surface area contributed by atoms with Crippen molar-refractivity contribution in [2.45, 2.75) is 58.8 Å². The van der Waals surface area contributed by atoms with Gasteiger partial charge in [0, 0.05) is 35.3 Å². The molecule has 0 saturated carbocycles. The van der Waals surface area contributed by atoms with E-state index in [1.807, 2.05) is 31.2 Å².